The van der Waals surface area contributed by atoms with Gasteiger partial charge in [-0.15, -0.1) is 0 Å². The molecule has 2 rings (SSSR count). The summed E-state index contributed by atoms with van der Waals surface area (Å²) in [7, 11) is 0.664. The van der Waals surface area contributed by atoms with Crippen LogP contribution >= 0.6 is 0 Å². The Morgan fingerprint density at radius 3 is 2.28 bits per heavy atom. The number of aryl methyl sites for hydroxylation is 2. The van der Waals surface area contributed by atoms with E-state index in [0.29, 0.717) is 18.5 Å². The van der Waals surface area contributed by atoms with E-state index in [9.17, 15) is 13.2 Å². The number of rotatable bonds is 6. The van der Waals surface area contributed by atoms with Gasteiger partial charge in [-0.05, 0) is 48.7 Å². The van der Waals surface area contributed by atoms with Crippen LogP contribution in [0.25, 0.3) is 0 Å². The highest BCUT2D eigenvalue weighted by Crippen LogP contribution is 2.21. The fraction of sp³-hybridized carbons (Fsp3) is 0.316. The Morgan fingerprint density at radius 1 is 1.08 bits per heavy atom. The molecule has 0 atom stereocenters. The molecule has 0 radical (unpaired) electrons. The zero-order valence-electron chi connectivity index (χ0n) is 15.0. The summed E-state index contributed by atoms with van der Waals surface area (Å²) in [6, 6.07) is 12.8. The summed E-state index contributed by atoms with van der Waals surface area (Å²) in [6.07, 6.45) is 2.12. The van der Waals surface area contributed by atoms with Gasteiger partial charge < -0.3 is 10.2 Å². The number of amides is 1. The Kier molecular flexibility index (Phi) is 5.85. The minimum atomic E-state index is -3.30. The number of nitrogens with zero attached hydrogens (tertiary/aromatic N) is 1. The first kappa shape index (κ1) is 19.0. The van der Waals surface area contributed by atoms with E-state index in [1.165, 1.54) is 6.07 Å². The van der Waals surface area contributed by atoms with Crippen molar-refractivity contribution < 1.29 is 13.2 Å². The molecule has 0 aliphatic rings. The highest BCUT2D eigenvalue weighted by atomic mass is 32.2. The third-order valence-electron chi connectivity index (χ3n) is 4.00. The van der Waals surface area contributed by atoms with Gasteiger partial charge in [-0.2, -0.15) is 0 Å². The van der Waals surface area contributed by atoms with Crippen LogP contribution in [0, 0.1) is 6.92 Å². The van der Waals surface area contributed by atoms with E-state index in [4.69, 9.17) is 0 Å². The largest absolute Gasteiger partial charge is 0.378 e. The van der Waals surface area contributed by atoms with Crippen LogP contribution in [-0.4, -0.2) is 34.7 Å². The lowest BCUT2D eigenvalue weighted by Gasteiger charge is -2.13. The first-order chi connectivity index (χ1) is 11.7. The quantitative estimate of drug-likeness (QED) is 0.860. The first-order valence-corrected chi connectivity index (χ1v) is 9.93. The summed E-state index contributed by atoms with van der Waals surface area (Å²) in [4.78, 5) is 14.4. The van der Waals surface area contributed by atoms with Gasteiger partial charge in [-0.25, -0.2) is 8.42 Å². The topological polar surface area (TPSA) is 66.5 Å². The first-order valence-electron chi connectivity index (χ1n) is 8.03. The second-order valence-corrected chi connectivity index (χ2v) is 8.37. The summed E-state index contributed by atoms with van der Waals surface area (Å²) in [5.41, 5.74) is 3.57. The molecule has 2 aromatic rings. The van der Waals surface area contributed by atoms with Crippen molar-refractivity contribution in [3.05, 3.63) is 53.6 Å². The van der Waals surface area contributed by atoms with Gasteiger partial charge in [-0.1, -0.05) is 18.2 Å². The zero-order valence-corrected chi connectivity index (χ0v) is 15.9. The summed E-state index contributed by atoms with van der Waals surface area (Å²) in [5.74, 6) is -0.134. The lowest BCUT2D eigenvalue weighted by atomic mass is 10.1. The lowest BCUT2D eigenvalue weighted by molar-refractivity contribution is -0.116. The Balaban J connectivity index is 2.00. The van der Waals surface area contributed by atoms with Gasteiger partial charge in [-0.3, -0.25) is 4.79 Å². The van der Waals surface area contributed by atoms with Crippen LogP contribution in [0.5, 0.6) is 0 Å². The monoisotopic (exact) mass is 360 g/mol. The van der Waals surface area contributed by atoms with Gasteiger partial charge in [0.15, 0.2) is 9.84 Å². The number of sulfone groups is 1. The highest BCUT2D eigenvalue weighted by molar-refractivity contribution is 7.90. The highest BCUT2D eigenvalue weighted by Gasteiger charge is 2.11. The van der Waals surface area contributed by atoms with E-state index in [-0.39, 0.29) is 10.8 Å². The third kappa shape index (κ3) is 5.32. The smallest absolute Gasteiger partial charge is 0.224 e. The Morgan fingerprint density at radius 2 is 1.72 bits per heavy atom. The van der Waals surface area contributed by atoms with Crippen LogP contribution in [0.3, 0.4) is 0 Å². The van der Waals surface area contributed by atoms with E-state index in [0.717, 1.165) is 23.1 Å². The molecule has 0 saturated heterocycles. The van der Waals surface area contributed by atoms with Crippen molar-refractivity contribution in [2.24, 2.45) is 0 Å². The van der Waals surface area contributed by atoms with E-state index in [1.807, 2.05) is 50.2 Å². The Labute approximate surface area is 149 Å². The zero-order chi connectivity index (χ0) is 18.6. The second-order valence-electron chi connectivity index (χ2n) is 6.36. The summed E-state index contributed by atoms with van der Waals surface area (Å²) < 4.78 is 23.3. The molecule has 0 heterocycles. The molecule has 25 heavy (non-hydrogen) atoms. The molecule has 1 amide bonds. The van der Waals surface area contributed by atoms with Crippen LogP contribution in [0.2, 0.25) is 0 Å². The Hall–Kier alpha value is -2.34. The number of benzene rings is 2. The van der Waals surface area contributed by atoms with Gasteiger partial charge in [0.1, 0.15) is 0 Å². The maximum atomic E-state index is 12.2. The Bertz CT molecular complexity index is 857. The van der Waals surface area contributed by atoms with Crippen LogP contribution in [0.4, 0.5) is 11.4 Å². The molecule has 0 unspecified atom stereocenters. The van der Waals surface area contributed by atoms with Crippen LogP contribution < -0.4 is 10.2 Å². The van der Waals surface area contributed by atoms with Crippen molar-refractivity contribution >= 4 is 27.1 Å². The molecule has 2 aromatic carbocycles. The van der Waals surface area contributed by atoms with Gasteiger partial charge in [0.05, 0.1) is 4.90 Å². The molecule has 5 nitrogen and oxygen atoms in total. The molecule has 0 aliphatic carbocycles. The van der Waals surface area contributed by atoms with Crippen LogP contribution in [-0.2, 0) is 21.1 Å². The number of carbonyl (C=O) groups excluding carboxylic acids is 1. The summed E-state index contributed by atoms with van der Waals surface area (Å²) in [5, 5.41) is 2.81. The van der Waals surface area contributed by atoms with Gasteiger partial charge in [0.25, 0.3) is 0 Å². The van der Waals surface area contributed by atoms with Crippen molar-refractivity contribution in [3.8, 4) is 0 Å². The van der Waals surface area contributed by atoms with Crippen molar-refractivity contribution in [1.29, 1.82) is 0 Å². The van der Waals surface area contributed by atoms with E-state index < -0.39 is 9.84 Å². The molecule has 0 aliphatic heterocycles. The minimum Gasteiger partial charge on any atom is -0.378 e. The molecule has 0 aromatic heterocycles. The van der Waals surface area contributed by atoms with E-state index in [1.54, 1.807) is 12.1 Å². The molecule has 0 bridgehead atoms. The number of nitrogens with one attached hydrogen (secondary N) is 1. The maximum Gasteiger partial charge on any atom is 0.224 e. The average molecular weight is 360 g/mol. The van der Waals surface area contributed by atoms with Crippen LogP contribution in [0.1, 0.15) is 17.5 Å². The van der Waals surface area contributed by atoms with Crippen molar-refractivity contribution in [3.63, 3.8) is 0 Å². The van der Waals surface area contributed by atoms with Crippen molar-refractivity contribution in [1.82, 2.24) is 0 Å². The number of hydrogen-bond acceptors (Lipinski definition) is 4. The van der Waals surface area contributed by atoms with Gasteiger partial charge >= 0.3 is 0 Å². The molecular formula is C19H24N2O3S. The average Bonchev–Trinajstić information content (AvgIpc) is 2.54. The van der Waals surface area contributed by atoms with Crippen molar-refractivity contribution in [2.75, 3.05) is 30.6 Å². The number of anilines is 2. The molecule has 0 saturated carbocycles. The SMILES string of the molecule is Cc1ccc(S(C)(=O)=O)cc1NC(=O)CCc1ccc(N(C)C)cc1. The minimum absolute atomic E-state index is 0.134. The second kappa shape index (κ2) is 7.70. The molecule has 134 valence electrons. The van der Waals surface area contributed by atoms with Crippen molar-refractivity contribution in [2.45, 2.75) is 24.7 Å². The number of carbonyl (C=O) groups is 1. The molecule has 0 spiro atoms. The normalized spacial score (nSPS) is 11.2. The van der Waals surface area contributed by atoms with Gasteiger partial charge in [0, 0.05) is 38.1 Å². The lowest BCUT2D eigenvalue weighted by Crippen LogP contribution is -2.14. The van der Waals surface area contributed by atoms with Crippen LogP contribution in [0.15, 0.2) is 47.4 Å². The predicted molar refractivity (Wildman–Crippen MR) is 102 cm³/mol. The fourth-order valence-electron chi connectivity index (χ4n) is 2.40. The molecular weight excluding hydrogens is 336 g/mol. The third-order valence-corrected chi connectivity index (χ3v) is 5.11. The van der Waals surface area contributed by atoms with Gasteiger partial charge in [0.2, 0.25) is 5.91 Å². The predicted octanol–water partition coefficient (Wildman–Crippen LogP) is 3.04. The molecule has 1 N–H and O–H groups in total. The van der Waals surface area contributed by atoms with E-state index in [2.05, 4.69) is 5.32 Å². The summed E-state index contributed by atoms with van der Waals surface area (Å²) in [6.45, 7) is 1.83. The fourth-order valence-corrected chi connectivity index (χ4v) is 3.04. The van der Waals surface area contributed by atoms with E-state index >= 15 is 0 Å². The molecule has 0 fully saturated rings. The number of hydrogen-bond donors (Lipinski definition) is 1. The molecule has 6 heteroatoms. The standard InChI is InChI=1S/C19H24N2O3S/c1-14-5-11-17(25(4,23)24)13-18(14)20-19(22)12-8-15-6-9-16(10-7-15)21(2)3/h5-7,9-11,13H,8,12H2,1-4H3,(H,20,22). The summed E-state index contributed by atoms with van der Waals surface area (Å²) >= 11 is 0. The maximum absolute atomic E-state index is 12.2.